The van der Waals surface area contributed by atoms with E-state index in [-0.39, 0.29) is 0 Å². The second-order valence-corrected chi connectivity index (χ2v) is 6.01. The van der Waals surface area contributed by atoms with Gasteiger partial charge in [0.05, 0.1) is 6.07 Å². The van der Waals surface area contributed by atoms with E-state index < -0.39 is 0 Å². The molecule has 0 spiro atoms. The molecule has 0 amide bonds. The summed E-state index contributed by atoms with van der Waals surface area (Å²) in [6, 6.07) is 2.40. The normalized spacial score (nSPS) is 53.7. The highest BCUT2D eigenvalue weighted by Gasteiger charge is 2.63. The lowest BCUT2D eigenvalue weighted by Gasteiger charge is -2.39. The molecule has 0 aromatic rings. The van der Waals surface area contributed by atoms with Gasteiger partial charge in [-0.15, -0.1) is 0 Å². The fourth-order valence-electron chi connectivity index (χ4n) is 4.68. The molecule has 5 atom stereocenters. The highest BCUT2D eigenvalue weighted by Crippen LogP contribution is 2.67. The molecule has 4 aliphatic rings. The van der Waals surface area contributed by atoms with Gasteiger partial charge in [-0.25, -0.2) is 0 Å². The summed E-state index contributed by atoms with van der Waals surface area (Å²) in [4.78, 5) is 0. The Morgan fingerprint density at radius 2 is 2.29 bits per heavy atom. The molecule has 4 bridgehead atoms. The smallest absolute Gasteiger partial charge is 0.0627 e. The van der Waals surface area contributed by atoms with E-state index in [1.807, 2.05) is 0 Å². The van der Waals surface area contributed by atoms with Crippen LogP contribution in [-0.2, 0) is 0 Å². The van der Waals surface area contributed by atoms with Crippen molar-refractivity contribution in [3.8, 4) is 6.07 Å². The van der Waals surface area contributed by atoms with Crippen molar-refractivity contribution >= 4 is 9.39 Å². The van der Waals surface area contributed by atoms with E-state index in [9.17, 15) is 0 Å². The van der Waals surface area contributed by atoms with Crippen molar-refractivity contribution in [2.45, 2.75) is 44.1 Å². The first-order valence-electron chi connectivity index (χ1n) is 5.57. The standard InChI is InChI=1S/C11H17N2P/c12-2-1-10-4-8-3-9(6-10)11(5-8,7-10)13-14/h8-9,13H,1,3-7,14H2. The Kier molecular flexibility index (Phi) is 1.77. The van der Waals surface area contributed by atoms with Crippen LogP contribution < -0.4 is 5.09 Å². The summed E-state index contributed by atoms with van der Waals surface area (Å²) in [7, 11) is 2.71. The molecule has 4 fully saturated rings. The van der Waals surface area contributed by atoms with Gasteiger partial charge in [-0.2, -0.15) is 5.26 Å². The molecular weight excluding hydrogens is 191 g/mol. The van der Waals surface area contributed by atoms with Crippen molar-refractivity contribution in [3.63, 3.8) is 0 Å². The van der Waals surface area contributed by atoms with Crippen LogP contribution in [0.5, 0.6) is 0 Å². The van der Waals surface area contributed by atoms with Gasteiger partial charge in [0.25, 0.3) is 0 Å². The van der Waals surface area contributed by atoms with Gasteiger partial charge < -0.3 is 0 Å². The van der Waals surface area contributed by atoms with Crippen molar-refractivity contribution in [1.29, 1.82) is 5.26 Å². The summed E-state index contributed by atoms with van der Waals surface area (Å²) in [5, 5.41) is 12.4. The van der Waals surface area contributed by atoms with Crippen LogP contribution in [0.2, 0.25) is 0 Å². The third-order valence-corrected chi connectivity index (χ3v) is 5.46. The minimum Gasteiger partial charge on any atom is -0.295 e. The van der Waals surface area contributed by atoms with Crippen LogP contribution in [0, 0.1) is 28.6 Å². The van der Waals surface area contributed by atoms with Gasteiger partial charge >= 0.3 is 0 Å². The first kappa shape index (κ1) is 9.13. The fraction of sp³-hybridized carbons (Fsp3) is 0.909. The Morgan fingerprint density at radius 3 is 2.93 bits per heavy atom. The molecule has 0 radical (unpaired) electrons. The second-order valence-electron chi connectivity index (χ2n) is 5.72. The summed E-state index contributed by atoms with van der Waals surface area (Å²) in [5.41, 5.74) is 0.786. The molecule has 3 heteroatoms. The highest BCUT2D eigenvalue weighted by atomic mass is 31.0. The molecule has 4 saturated carbocycles. The van der Waals surface area contributed by atoms with E-state index in [4.69, 9.17) is 5.26 Å². The molecular formula is C11H17N2P. The maximum Gasteiger partial charge on any atom is 0.0627 e. The maximum atomic E-state index is 8.92. The summed E-state index contributed by atoms with van der Waals surface area (Å²) in [6.07, 6.45) is 7.43. The number of hydrogen-bond acceptors (Lipinski definition) is 2. The zero-order valence-corrected chi connectivity index (χ0v) is 9.58. The molecule has 0 heterocycles. The minimum absolute atomic E-state index is 0.393. The van der Waals surface area contributed by atoms with Crippen molar-refractivity contribution in [2.24, 2.45) is 17.3 Å². The van der Waals surface area contributed by atoms with Gasteiger partial charge in [0, 0.05) is 12.0 Å². The van der Waals surface area contributed by atoms with Crippen LogP contribution in [0.3, 0.4) is 0 Å². The number of nitrogens with zero attached hydrogens (tertiary/aromatic N) is 1. The van der Waals surface area contributed by atoms with Gasteiger partial charge in [-0.1, -0.05) is 9.39 Å². The third-order valence-electron chi connectivity index (χ3n) is 4.89. The molecule has 4 aliphatic carbocycles. The molecule has 14 heavy (non-hydrogen) atoms. The van der Waals surface area contributed by atoms with E-state index in [1.54, 1.807) is 0 Å². The van der Waals surface area contributed by atoms with Gasteiger partial charge in [0.2, 0.25) is 0 Å². The topological polar surface area (TPSA) is 35.8 Å². The van der Waals surface area contributed by atoms with Crippen molar-refractivity contribution in [3.05, 3.63) is 0 Å². The van der Waals surface area contributed by atoms with Gasteiger partial charge in [0.1, 0.15) is 0 Å². The zero-order chi connectivity index (χ0) is 9.81. The van der Waals surface area contributed by atoms with Crippen LogP contribution in [0.4, 0.5) is 0 Å². The van der Waals surface area contributed by atoms with Crippen molar-refractivity contribution < 1.29 is 0 Å². The van der Waals surface area contributed by atoms with Crippen LogP contribution >= 0.6 is 9.39 Å². The predicted octanol–water partition coefficient (Wildman–Crippen LogP) is 2.23. The Bertz CT molecular complexity index is 311. The zero-order valence-electron chi connectivity index (χ0n) is 8.42. The molecule has 0 aliphatic heterocycles. The molecule has 4 rings (SSSR count). The van der Waals surface area contributed by atoms with Crippen LogP contribution in [0.15, 0.2) is 0 Å². The lowest BCUT2D eigenvalue weighted by Crippen LogP contribution is -2.42. The van der Waals surface area contributed by atoms with Gasteiger partial charge in [0.15, 0.2) is 0 Å². The third kappa shape index (κ3) is 0.980. The van der Waals surface area contributed by atoms with E-state index >= 15 is 0 Å². The van der Waals surface area contributed by atoms with E-state index in [1.165, 1.54) is 32.1 Å². The van der Waals surface area contributed by atoms with Crippen LogP contribution in [0.1, 0.15) is 38.5 Å². The average Bonchev–Trinajstić information content (AvgIpc) is 2.50. The van der Waals surface area contributed by atoms with Crippen molar-refractivity contribution in [1.82, 2.24) is 5.09 Å². The van der Waals surface area contributed by atoms with Gasteiger partial charge in [-0.05, 0) is 49.4 Å². The Balaban J connectivity index is 1.94. The maximum absolute atomic E-state index is 8.92. The summed E-state index contributed by atoms with van der Waals surface area (Å²) in [5.74, 6) is 1.76. The van der Waals surface area contributed by atoms with E-state index in [2.05, 4.69) is 20.5 Å². The SMILES string of the molecule is N#CCC12CC3CC(C1)C(NP)(C3)C2. The molecule has 76 valence electrons. The lowest BCUT2D eigenvalue weighted by molar-refractivity contribution is 0.141. The Labute approximate surface area is 87.7 Å². The molecule has 0 aromatic carbocycles. The fourth-order valence-corrected chi connectivity index (χ4v) is 5.13. The largest absolute Gasteiger partial charge is 0.295 e. The Morgan fingerprint density at radius 1 is 1.43 bits per heavy atom. The molecule has 1 N–H and O–H groups in total. The van der Waals surface area contributed by atoms with Gasteiger partial charge in [-0.3, -0.25) is 5.09 Å². The van der Waals surface area contributed by atoms with Crippen LogP contribution in [0.25, 0.3) is 0 Å². The van der Waals surface area contributed by atoms with E-state index in [0.29, 0.717) is 11.0 Å². The quantitative estimate of drug-likeness (QED) is 0.706. The average molecular weight is 208 g/mol. The van der Waals surface area contributed by atoms with Crippen LogP contribution in [-0.4, -0.2) is 5.54 Å². The number of hydrogen-bond donors (Lipinski definition) is 1. The first-order chi connectivity index (χ1) is 6.72. The molecule has 0 aromatic heterocycles. The summed E-state index contributed by atoms with van der Waals surface area (Å²) >= 11 is 0. The Hall–Kier alpha value is -0.120. The van der Waals surface area contributed by atoms with Crippen molar-refractivity contribution in [2.75, 3.05) is 0 Å². The number of nitriles is 1. The summed E-state index contributed by atoms with van der Waals surface area (Å²) < 4.78 is 0. The summed E-state index contributed by atoms with van der Waals surface area (Å²) in [6.45, 7) is 0. The minimum atomic E-state index is 0.393. The lowest BCUT2D eigenvalue weighted by atomic mass is 9.67. The predicted molar refractivity (Wildman–Crippen MR) is 58.3 cm³/mol. The molecule has 2 nitrogen and oxygen atoms in total. The number of nitrogens with one attached hydrogen (secondary N) is 1. The molecule has 5 unspecified atom stereocenters. The highest BCUT2D eigenvalue weighted by molar-refractivity contribution is 7.13. The number of rotatable bonds is 2. The van der Waals surface area contributed by atoms with E-state index in [0.717, 1.165) is 18.3 Å². The monoisotopic (exact) mass is 208 g/mol. The first-order valence-corrected chi connectivity index (χ1v) is 6.14. The second kappa shape index (κ2) is 2.71. The molecule has 0 saturated heterocycles.